The summed E-state index contributed by atoms with van der Waals surface area (Å²) < 4.78 is 18.8. The molecule has 0 aliphatic carbocycles. The number of ketones is 2. The maximum atomic E-state index is 12.9. The summed E-state index contributed by atoms with van der Waals surface area (Å²) >= 11 is 0. The van der Waals surface area contributed by atoms with Crippen molar-refractivity contribution in [2.45, 2.75) is 13.8 Å². The number of rotatable bonds is 5. The van der Waals surface area contributed by atoms with Crippen LogP contribution in [0.1, 0.15) is 28.4 Å². The summed E-state index contributed by atoms with van der Waals surface area (Å²) in [5, 5.41) is 0.967. The van der Waals surface area contributed by atoms with E-state index in [1.54, 1.807) is 25.3 Å². The number of aryl methyl sites for hydroxylation is 1. The van der Waals surface area contributed by atoms with E-state index in [0.717, 1.165) is 22.2 Å². The molecule has 0 saturated heterocycles. The normalized spacial score (nSPS) is 14.2. The molecule has 6 heteroatoms. The quantitative estimate of drug-likeness (QED) is 0.613. The van der Waals surface area contributed by atoms with Gasteiger partial charge in [0.2, 0.25) is 5.78 Å². The maximum absolute atomic E-state index is 12.9. The lowest BCUT2D eigenvalue weighted by Crippen LogP contribution is -2.07. The Kier molecular flexibility index (Phi) is 4.62. The topological polar surface area (TPSA) is 66.8 Å². The number of allylic oxidation sites excluding steroid dienone is 1. The average Bonchev–Trinajstić information content (AvgIpc) is 3.19. The molecule has 2 heterocycles. The summed E-state index contributed by atoms with van der Waals surface area (Å²) in [5.41, 5.74) is 3.07. The van der Waals surface area contributed by atoms with Crippen LogP contribution in [0.2, 0.25) is 0 Å². The molecule has 1 aliphatic heterocycles. The van der Waals surface area contributed by atoms with Gasteiger partial charge in [0, 0.05) is 35.3 Å². The van der Waals surface area contributed by atoms with Gasteiger partial charge in [-0.15, -0.1) is 0 Å². The molecule has 6 nitrogen and oxygen atoms in total. The minimum atomic E-state index is -0.180. The number of benzene rings is 2. The Hall–Kier alpha value is -3.54. The SMILES string of the molecule is COc1ccc2c(c1)c(/C=C1/Oc3c(ccc(OCC(C)=O)c3C)C1=O)cn2C. The highest BCUT2D eigenvalue weighted by Gasteiger charge is 2.30. The van der Waals surface area contributed by atoms with Crippen LogP contribution in [0.3, 0.4) is 0 Å². The molecule has 0 bridgehead atoms. The molecule has 0 N–H and O–H groups in total. The van der Waals surface area contributed by atoms with Crippen LogP contribution in [0.25, 0.3) is 17.0 Å². The number of Topliss-reactive ketones (excluding diaryl/α,β-unsaturated/α-hetero) is 2. The molecule has 0 unspecified atom stereocenters. The van der Waals surface area contributed by atoms with Crippen LogP contribution in [0.4, 0.5) is 0 Å². The summed E-state index contributed by atoms with van der Waals surface area (Å²) in [5.74, 6) is 1.74. The Morgan fingerprint density at radius 3 is 2.76 bits per heavy atom. The molecule has 29 heavy (non-hydrogen) atoms. The molecule has 148 valence electrons. The van der Waals surface area contributed by atoms with Gasteiger partial charge in [-0.3, -0.25) is 9.59 Å². The molecule has 0 amide bonds. The molecular formula is C23H21NO5. The van der Waals surface area contributed by atoms with Gasteiger partial charge in [0.1, 0.15) is 23.9 Å². The van der Waals surface area contributed by atoms with Crippen molar-refractivity contribution < 1.29 is 23.8 Å². The van der Waals surface area contributed by atoms with E-state index < -0.39 is 0 Å². The monoisotopic (exact) mass is 391 g/mol. The molecule has 0 spiro atoms. The van der Waals surface area contributed by atoms with Crippen LogP contribution < -0.4 is 14.2 Å². The fraction of sp³-hybridized carbons (Fsp3) is 0.217. The smallest absolute Gasteiger partial charge is 0.231 e. The lowest BCUT2D eigenvalue weighted by atomic mass is 10.1. The third-order valence-electron chi connectivity index (χ3n) is 4.98. The molecule has 1 aliphatic rings. The van der Waals surface area contributed by atoms with E-state index >= 15 is 0 Å². The third kappa shape index (κ3) is 3.27. The number of hydrogen-bond donors (Lipinski definition) is 0. The van der Waals surface area contributed by atoms with E-state index in [4.69, 9.17) is 14.2 Å². The Bertz CT molecular complexity index is 1190. The Balaban J connectivity index is 1.72. The van der Waals surface area contributed by atoms with Gasteiger partial charge in [0.05, 0.1) is 12.7 Å². The molecule has 4 rings (SSSR count). The number of carbonyl (C=O) groups excluding carboxylic acids is 2. The average molecular weight is 391 g/mol. The molecule has 0 radical (unpaired) electrons. The second-order valence-electron chi connectivity index (χ2n) is 7.07. The molecule has 0 fully saturated rings. The summed E-state index contributed by atoms with van der Waals surface area (Å²) in [6.07, 6.45) is 3.70. The highest BCUT2D eigenvalue weighted by Crippen LogP contribution is 2.40. The van der Waals surface area contributed by atoms with Gasteiger partial charge in [-0.2, -0.15) is 0 Å². The fourth-order valence-corrected chi connectivity index (χ4v) is 3.49. The van der Waals surface area contributed by atoms with Gasteiger partial charge in [-0.25, -0.2) is 0 Å². The van der Waals surface area contributed by atoms with Crippen LogP contribution in [-0.2, 0) is 11.8 Å². The number of aromatic nitrogens is 1. The molecule has 3 aromatic rings. The van der Waals surface area contributed by atoms with Crippen molar-refractivity contribution in [3.63, 3.8) is 0 Å². The molecular weight excluding hydrogens is 370 g/mol. The molecule has 2 aromatic carbocycles. The van der Waals surface area contributed by atoms with Crippen LogP contribution in [0.15, 0.2) is 42.3 Å². The predicted octanol–water partition coefficient (Wildman–Crippen LogP) is 4.08. The second kappa shape index (κ2) is 7.13. The number of methoxy groups -OCH3 is 1. The summed E-state index contributed by atoms with van der Waals surface area (Å²) in [6, 6.07) is 9.19. The van der Waals surface area contributed by atoms with Gasteiger partial charge < -0.3 is 18.8 Å². The summed E-state index contributed by atoms with van der Waals surface area (Å²) in [7, 11) is 3.57. The van der Waals surface area contributed by atoms with Crippen molar-refractivity contribution in [3.8, 4) is 17.2 Å². The first kappa shape index (κ1) is 18.8. The van der Waals surface area contributed by atoms with E-state index in [1.165, 1.54) is 6.92 Å². The number of hydrogen-bond acceptors (Lipinski definition) is 5. The molecule has 0 atom stereocenters. The minimum Gasteiger partial charge on any atom is -0.497 e. The number of ether oxygens (including phenoxy) is 3. The van der Waals surface area contributed by atoms with E-state index in [2.05, 4.69) is 0 Å². The van der Waals surface area contributed by atoms with Gasteiger partial charge in [-0.1, -0.05) is 0 Å². The van der Waals surface area contributed by atoms with Crippen LogP contribution in [0.5, 0.6) is 17.2 Å². The van der Waals surface area contributed by atoms with E-state index in [-0.39, 0.29) is 23.9 Å². The van der Waals surface area contributed by atoms with Crippen molar-refractivity contribution in [3.05, 3.63) is 59.0 Å². The largest absolute Gasteiger partial charge is 0.497 e. The third-order valence-corrected chi connectivity index (χ3v) is 4.98. The van der Waals surface area contributed by atoms with Crippen molar-refractivity contribution in [1.82, 2.24) is 4.57 Å². The lowest BCUT2D eigenvalue weighted by Gasteiger charge is -2.10. The number of nitrogens with zero attached hydrogens (tertiary/aromatic N) is 1. The van der Waals surface area contributed by atoms with Crippen LogP contribution in [-0.4, -0.2) is 29.9 Å². The Labute approximate surface area is 168 Å². The minimum absolute atomic E-state index is 0.0197. The first-order valence-corrected chi connectivity index (χ1v) is 9.22. The highest BCUT2D eigenvalue weighted by atomic mass is 16.5. The second-order valence-corrected chi connectivity index (χ2v) is 7.07. The van der Waals surface area contributed by atoms with Crippen molar-refractivity contribution >= 4 is 28.5 Å². The Morgan fingerprint density at radius 1 is 1.24 bits per heavy atom. The van der Waals surface area contributed by atoms with Gasteiger partial charge in [-0.05, 0) is 50.3 Å². The van der Waals surface area contributed by atoms with Crippen molar-refractivity contribution in [2.75, 3.05) is 13.7 Å². The van der Waals surface area contributed by atoms with E-state index in [0.29, 0.717) is 22.6 Å². The van der Waals surface area contributed by atoms with Crippen LogP contribution in [0, 0.1) is 6.92 Å². The first-order chi connectivity index (χ1) is 13.9. The predicted molar refractivity (Wildman–Crippen MR) is 110 cm³/mol. The van der Waals surface area contributed by atoms with Crippen molar-refractivity contribution in [1.29, 1.82) is 0 Å². The first-order valence-electron chi connectivity index (χ1n) is 9.22. The van der Waals surface area contributed by atoms with Gasteiger partial charge >= 0.3 is 0 Å². The zero-order chi connectivity index (χ0) is 20.7. The number of carbonyl (C=O) groups is 2. The molecule has 1 aromatic heterocycles. The van der Waals surface area contributed by atoms with Gasteiger partial charge in [0.15, 0.2) is 11.5 Å². The Morgan fingerprint density at radius 2 is 2.03 bits per heavy atom. The van der Waals surface area contributed by atoms with E-state index in [1.807, 2.05) is 42.9 Å². The van der Waals surface area contributed by atoms with Crippen molar-refractivity contribution in [2.24, 2.45) is 7.05 Å². The van der Waals surface area contributed by atoms with Crippen LogP contribution >= 0.6 is 0 Å². The summed E-state index contributed by atoms with van der Waals surface area (Å²) in [4.78, 5) is 24.1. The van der Waals surface area contributed by atoms with Gasteiger partial charge in [0.25, 0.3) is 0 Å². The maximum Gasteiger partial charge on any atom is 0.231 e. The lowest BCUT2D eigenvalue weighted by molar-refractivity contribution is -0.118. The number of fused-ring (bicyclic) bond motifs is 2. The zero-order valence-electron chi connectivity index (χ0n) is 16.7. The molecule has 0 saturated carbocycles. The summed E-state index contributed by atoms with van der Waals surface area (Å²) in [6.45, 7) is 3.25. The highest BCUT2D eigenvalue weighted by molar-refractivity contribution is 6.15. The zero-order valence-corrected chi connectivity index (χ0v) is 16.7. The standard InChI is InChI=1S/C23H21NO5/c1-13(25)12-28-20-8-6-17-22(26)21(29-23(17)14(20)2)9-15-11-24(3)19-7-5-16(27-4)10-18(15)19/h5-11H,12H2,1-4H3/b21-9+. The van der Waals surface area contributed by atoms with E-state index in [9.17, 15) is 9.59 Å². The fourth-order valence-electron chi connectivity index (χ4n) is 3.49.